The third kappa shape index (κ3) is 6.33. The molecular formula is C37H34NO2P. The van der Waals surface area contributed by atoms with Crippen LogP contribution in [-0.4, -0.2) is 22.9 Å². The predicted octanol–water partition coefficient (Wildman–Crippen LogP) is 6.98. The summed E-state index contributed by atoms with van der Waals surface area (Å²) < 4.78 is 6.29. The molecule has 41 heavy (non-hydrogen) atoms. The molecule has 0 spiro atoms. The van der Waals surface area contributed by atoms with Crippen LogP contribution in [0.25, 0.3) is 0 Å². The first-order chi connectivity index (χ1) is 20.2. The van der Waals surface area contributed by atoms with Crippen LogP contribution in [0.1, 0.15) is 40.3 Å². The highest BCUT2D eigenvalue weighted by Crippen LogP contribution is 2.35. The third-order valence-electron chi connectivity index (χ3n) is 7.75. The van der Waals surface area contributed by atoms with E-state index in [0.29, 0.717) is 12.3 Å². The summed E-state index contributed by atoms with van der Waals surface area (Å²) in [7, 11) is -1.53. The van der Waals surface area contributed by atoms with Gasteiger partial charge in [0.1, 0.15) is 6.10 Å². The quantitative estimate of drug-likeness (QED) is 0.199. The van der Waals surface area contributed by atoms with Crippen molar-refractivity contribution in [2.45, 2.75) is 38.3 Å². The zero-order chi connectivity index (χ0) is 28.0. The van der Waals surface area contributed by atoms with Crippen LogP contribution in [0.3, 0.4) is 0 Å². The monoisotopic (exact) mass is 555 g/mol. The first-order valence-corrected chi connectivity index (χ1v) is 15.5. The van der Waals surface area contributed by atoms with Gasteiger partial charge in [-0.3, -0.25) is 0 Å². The Kier molecular flexibility index (Phi) is 8.37. The van der Waals surface area contributed by atoms with E-state index in [9.17, 15) is 4.89 Å². The number of rotatable bonds is 9. The summed E-state index contributed by atoms with van der Waals surface area (Å²) in [6.07, 6.45) is 2.26. The Morgan fingerprint density at radius 1 is 0.659 bits per heavy atom. The van der Waals surface area contributed by atoms with Crippen molar-refractivity contribution >= 4 is 24.7 Å². The van der Waals surface area contributed by atoms with Gasteiger partial charge in [-0.2, -0.15) is 0 Å². The fourth-order valence-corrected chi connectivity index (χ4v) is 6.98. The van der Waals surface area contributed by atoms with Crippen molar-refractivity contribution in [2.24, 2.45) is 4.99 Å². The minimum absolute atomic E-state index is 0.0513. The van der Waals surface area contributed by atoms with Crippen molar-refractivity contribution in [3.8, 4) is 0 Å². The van der Waals surface area contributed by atoms with Crippen LogP contribution in [-0.2, 0) is 24.0 Å². The van der Waals surface area contributed by atoms with Crippen LogP contribution in [0.15, 0.2) is 138 Å². The Bertz CT molecular complexity index is 1610. The molecule has 1 aliphatic rings. The van der Waals surface area contributed by atoms with Gasteiger partial charge in [-0.25, -0.2) is 4.99 Å². The van der Waals surface area contributed by atoms with Crippen molar-refractivity contribution in [1.82, 2.24) is 0 Å². The number of nitrogens with zero attached hydrogens (tertiary/aromatic N) is 1. The Hall–Kier alpha value is -4.04. The summed E-state index contributed by atoms with van der Waals surface area (Å²) in [5, 5.41) is 1.96. The Balaban J connectivity index is 1.47. The lowest BCUT2D eigenvalue weighted by Gasteiger charge is -2.24. The summed E-state index contributed by atoms with van der Waals surface area (Å²) >= 11 is 0. The number of hydrogen-bond donors (Lipinski definition) is 1. The van der Waals surface area contributed by atoms with Gasteiger partial charge < -0.3 is 9.63 Å². The molecule has 3 atom stereocenters. The van der Waals surface area contributed by atoms with E-state index in [1.807, 2.05) is 60.7 Å². The topological polar surface area (TPSA) is 41.8 Å². The summed E-state index contributed by atoms with van der Waals surface area (Å²) in [6.45, 7) is 2.10. The van der Waals surface area contributed by atoms with Crippen molar-refractivity contribution in [1.29, 1.82) is 0 Å². The summed E-state index contributed by atoms with van der Waals surface area (Å²) in [4.78, 5) is 16.9. The van der Waals surface area contributed by atoms with Crippen LogP contribution in [0.4, 0.5) is 0 Å². The molecule has 0 fully saturated rings. The van der Waals surface area contributed by atoms with Gasteiger partial charge in [0.25, 0.3) is 0 Å². The molecule has 6 rings (SSSR count). The zero-order valence-corrected chi connectivity index (χ0v) is 24.1. The van der Waals surface area contributed by atoms with Gasteiger partial charge in [-0.1, -0.05) is 121 Å². The highest BCUT2D eigenvalue weighted by molar-refractivity contribution is 7.67. The van der Waals surface area contributed by atoms with Crippen molar-refractivity contribution in [2.75, 3.05) is 0 Å². The molecule has 5 aromatic rings. The predicted molar refractivity (Wildman–Crippen MR) is 171 cm³/mol. The van der Waals surface area contributed by atoms with E-state index >= 15 is 0 Å². The number of ether oxygens (including phenoxy) is 1. The zero-order valence-electron chi connectivity index (χ0n) is 23.2. The van der Waals surface area contributed by atoms with Gasteiger partial charge in [0.05, 0.1) is 14.2 Å². The van der Waals surface area contributed by atoms with E-state index in [0.717, 1.165) is 29.0 Å². The molecule has 4 heteroatoms. The van der Waals surface area contributed by atoms with Crippen LogP contribution >= 0.6 is 8.15 Å². The molecule has 0 radical (unpaired) electrons. The molecule has 0 saturated heterocycles. The molecule has 1 N–H and O–H groups in total. The minimum Gasteiger partial charge on any atom is -0.472 e. The number of benzene rings is 5. The van der Waals surface area contributed by atoms with Gasteiger partial charge in [-0.05, 0) is 66.1 Å². The van der Waals surface area contributed by atoms with Crippen molar-refractivity contribution < 1.29 is 9.63 Å². The molecule has 0 aromatic heterocycles. The molecule has 0 saturated carbocycles. The molecule has 0 amide bonds. The Labute approximate surface area is 244 Å². The van der Waals surface area contributed by atoms with Crippen LogP contribution in [0.2, 0.25) is 0 Å². The smallest absolute Gasteiger partial charge is 0.216 e. The van der Waals surface area contributed by atoms with Gasteiger partial charge in [0.15, 0.2) is 0 Å². The maximum atomic E-state index is 11.8. The number of hydrogen-bond acceptors (Lipinski definition) is 3. The SMILES string of the molecule is C[C@H]1OC(c2ccccc2)=N[C@@H]1Cc1c(P(O)c2ccccc2)ccc(Cc2ccccc2)c1Cc1ccccc1. The highest BCUT2D eigenvalue weighted by Gasteiger charge is 2.31. The Morgan fingerprint density at radius 2 is 1.22 bits per heavy atom. The maximum absolute atomic E-state index is 11.8. The van der Waals surface area contributed by atoms with Crippen LogP contribution in [0.5, 0.6) is 0 Å². The molecule has 0 aliphatic carbocycles. The van der Waals surface area contributed by atoms with Gasteiger partial charge >= 0.3 is 0 Å². The molecule has 1 heterocycles. The van der Waals surface area contributed by atoms with Gasteiger partial charge in [-0.15, -0.1) is 0 Å². The highest BCUT2D eigenvalue weighted by atomic mass is 31.1. The minimum atomic E-state index is -1.53. The fourth-order valence-electron chi connectivity index (χ4n) is 5.55. The molecule has 1 aliphatic heterocycles. The maximum Gasteiger partial charge on any atom is 0.216 e. The second-order valence-corrected chi connectivity index (χ2v) is 12.2. The largest absolute Gasteiger partial charge is 0.472 e. The lowest BCUT2D eigenvalue weighted by atomic mass is 9.88. The first kappa shape index (κ1) is 27.1. The fraction of sp³-hybridized carbons (Fsp3) is 0.162. The normalized spacial score (nSPS) is 17.1. The van der Waals surface area contributed by atoms with E-state index in [1.54, 1.807) is 0 Å². The molecule has 3 nitrogen and oxygen atoms in total. The summed E-state index contributed by atoms with van der Waals surface area (Å²) in [5.74, 6) is 0.698. The van der Waals surface area contributed by atoms with E-state index in [2.05, 4.69) is 79.7 Å². The number of aliphatic imine (C=N–C) groups is 1. The van der Waals surface area contributed by atoms with E-state index in [4.69, 9.17) is 9.73 Å². The summed E-state index contributed by atoms with van der Waals surface area (Å²) in [6, 6.07) is 45.8. The van der Waals surface area contributed by atoms with Crippen LogP contribution in [0, 0.1) is 0 Å². The average Bonchev–Trinajstić information content (AvgIpc) is 3.40. The molecule has 5 aromatic carbocycles. The lowest BCUT2D eigenvalue weighted by molar-refractivity contribution is 0.212. The third-order valence-corrected chi connectivity index (χ3v) is 9.41. The first-order valence-electron chi connectivity index (χ1n) is 14.2. The van der Waals surface area contributed by atoms with E-state index < -0.39 is 8.15 Å². The van der Waals surface area contributed by atoms with Crippen LogP contribution < -0.4 is 10.6 Å². The lowest BCUT2D eigenvalue weighted by Crippen LogP contribution is -2.27. The average molecular weight is 556 g/mol. The van der Waals surface area contributed by atoms with Gasteiger partial charge in [0.2, 0.25) is 5.90 Å². The summed E-state index contributed by atoms with van der Waals surface area (Å²) in [5.41, 5.74) is 7.29. The molecular weight excluding hydrogens is 521 g/mol. The second kappa shape index (κ2) is 12.6. The van der Waals surface area contributed by atoms with E-state index in [1.165, 1.54) is 27.8 Å². The van der Waals surface area contributed by atoms with Gasteiger partial charge in [0, 0.05) is 16.2 Å². The van der Waals surface area contributed by atoms with E-state index in [-0.39, 0.29) is 12.1 Å². The molecule has 0 bridgehead atoms. The second-order valence-electron chi connectivity index (χ2n) is 10.6. The molecule has 204 valence electrons. The Morgan fingerprint density at radius 3 is 1.85 bits per heavy atom. The molecule has 1 unspecified atom stereocenters. The standard InChI is InChI=1S/C37H34NO2P/c1-27-35(38-37(40-27)30-18-10-4-11-19-30)26-34-33(25-29-16-8-3-9-17-29)31(24-28-14-6-2-7-15-28)22-23-36(34)41(39)32-20-12-5-13-21-32/h2-23,27,35,39H,24-26H2,1H3/t27-,35-,41?/m1/s1. The van der Waals surface area contributed by atoms with Crippen molar-refractivity contribution in [3.05, 3.63) is 167 Å². The van der Waals surface area contributed by atoms with Crippen molar-refractivity contribution in [3.63, 3.8) is 0 Å².